The molecule has 4 nitrogen and oxygen atoms in total. The average molecular weight is 329 g/mol. The van der Waals surface area contributed by atoms with E-state index < -0.39 is 0 Å². The molecule has 3 rings (SSSR count). The lowest BCUT2D eigenvalue weighted by Gasteiger charge is -2.08. The minimum atomic E-state index is -0.344. The number of primary amides is 1. The van der Waals surface area contributed by atoms with E-state index in [4.69, 9.17) is 5.73 Å². The zero-order chi connectivity index (χ0) is 15.7. The molecule has 2 N–H and O–H groups in total. The molecule has 0 aliphatic heterocycles. The summed E-state index contributed by atoms with van der Waals surface area (Å²) in [7, 11) is 0. The number of nitrogens with two attached hydrogens (primary N) is 1. The van der Waals surface area contributed by atoms with E-state index in [0.29, 0.717) is 0 Å². The molecule has 0 unspecified atom stereocenters. The van der Waals surface area contributed by atoms with Crippen molar-refractivity contribution in [3.05, 3.63) is 41.5 Å². The van der Waals surface area contributed by atoms with Gasteiger partial charge < -0.3 is 5.73 Å². The number of hydrogen-bond donors (Lipinski definition) is 1. The van der Waals surface area contributed by atoms with Crippen LogP contribution in [-0.2, 0) is 4.79 Å². The predicted molar refractivity (Wildman–Crippen MR) is 92.1 cm³/mol. The van der Waals surface area contributed by atoms with Gasteiger partial charge in [-0.3, -0.25) is 4.79 Å². The molecule has 0 radical (unpaired) electrons. The standard InChI is InChI=1S/C16H15N3OS2/c1-9-3-5-11(6-4-9)12-7-21-15-13(12)16(19-8-18-15)22-10(2)14(17)20/h3-8,10H,1-2H3,(H2,17,20)/t10-/m0/s1. The van der Waals surface area contributed by atoms with Gasteiger partial charge >= 0.3 is 0 Å². The first kappa shape index (κ1) is 15.0. The number of nitrogens with zero attached hydrogens (tertiary/aromatic N) is 2. The van der Waals surface area contributed by atoms with Crippen molar-refractivity contribution in [3.63, 3.8) is 0 Å². The van der Waals surface area contributed by atoms with Crippen LogP contribution in [-0.4, -0.2) is 21.1 Å². The Bertz CT molecular complexity index is 827. The summed E-state index contributed by atoms with van der Waals surface area (Å²) in [6.45, 7) is 3.85. The van der Waals surface area contributed by atoms with E-state index in [1.807, 2.05) is 0 Å². The van der Waals surface area contributed by atoms with Crippen LogP contribution in [0.2, 0.25) is 0 Å². The number of hydrogen-bond acceptors (Lipinski definition) is 5. The molecule has 0 spiro atoms. The molecular formula is C16H15N3OS2. The maximum atomic E-state index is 11.3. The highest BCUT2D eigenvalue weighted by Crippen LogP contribution is 2.38. The predicted octanol–water partition coefficient (Wildman–Crippen LogP) is 3.63. The van der Waals surface area contributed by atoms with E-state index in [0.717, 1.165) is 26.4 Å². The topological polar surface area (TPSA) is 68.9 Å². The van der Waals surface area contributed by atoms with Gasteiger partial charge in [0, 0.05) is 10.9 Å². The Kier molecular flexibility index (Phi) is 4.13. The Balaban J connectivity index is 2.12. The second kappa shape index (κ2) is 6.06. The van der Waals surface area contributed by atoms with Crippen molar-refractivity contribution in [2.45, 2.75) is 24.1 Å². The van der Waals surface area contributed by atoms with Gasteiger partial charge in [0.2, 0.25) is 5.91 Å². The van der Waals surface area contributed by atoms with E-state index in [1.54, 1.807) is 18.3 Å². The molecular weight excluding hydrogens is 314 g/mol. The number of benzene rings is 1. The number of fused-ring (bicyclic) bond motifs is 1. The van der Waals surface area contributed by atoms with Crippen molar-refractivity contribution >= 4 is 39.2 Å². The Morgan fingerprint density at radius 1 is 1.27 bits per heavy atom. The number of amides is 1. The van der Waals surface area contributed by atoms with Crippen LogP contribution in [0.5, 0.6) is 0 Å². The fraction of sp³-hybridized carbons (Fsp3) is 0.188. The summed E-state index contributed by atoms with van der Waals surface area (Å²) >= 11 is 2.96. The molecule has 0 fully saturated rings. The van der Waals surface area contributed by atoms with E-state index >= 15 is 0 Å². The molecule has 2 heterocycles. The van der Waals surface area contributed by atoms with Gasteiger partial charge in [-0.15, -0.1) is 11.3 Å². The van der Waals surface area contributed by atoms with Crippen LogP contribution in [0.3, 0.4) is 0 Å². The maximum absolute atomic E-state index is 11.3. The number of carbonyl (C=O) groups is 1. The first-order valence-corrected chi connectivity index (χ1v) is 8.57. The Labute approximate surface area is 136 Å². The molecule has 1 amide bonds. The largest absolute Gasteiger partial charge is 0.369 e. The first-order valence-electron chi connectivity index (χ1n) is 6.81. The number of thioether (sulfide) groups is 1. The summed E-state index contributed by atoms with van der Waals surface area (Å²) < 4.78 is 0. The lowest BCUT2D eigenvalue weighted by atomic mass is 10.1. The number of carbonyl (C=O) groups excluding carboxylic acids is 1. The van der Waals surface area contributed by atoms with Gasteiger partial charge in [-0.05, 0) is 19.4 Å². The molecule has 6 heteroatoms. The van der Waals surface area contributed by atoms with Crippen molar-refractivity contribution in [3.8, 4) is 11.1 Å². The highest BCUT2D eigenvalue weighted by atomic mass is 32.2. The Morgan fingerprint density at radius 3 is 2.68 bits per heavy atom. The van der Waals surface area contributed by atoms with Crippen molar-refractivity contribution in [1.29, 1.82) is 0 Å². The van der Waals surface area contributed by atoms with Crippen LogP contribution in [0.4, 0.5) is 0 Å². The fourth-order valence-electron chi connectivity index (χ4n) is 2.11. The SMILES string of the molecule is Cc1ccc(-c2csc3ncnc(S[C@@H](C)C(N)=O)c23)cc1. The normalized spacial score (nSPS) is 12.5. The average Bonchev–Trinajstić information content (AvgIpc) is 2.93. The summed E-state index contributed by atoms with van der Waals surface area (Å²) in [6, 6.07) is 8.36. The minimum absolute atomic E-state index is 0.330. The zero-order valence-electron chi connectivity index (χ0n) is 12.2. The highest BCUT2D eigenvalue weighted by molar-refractivity contribution is 8.00. The summed E-state index contributed by atoms with van der Waals surface area (Å²) in [5, 5.41) is 3.55. The number of aromatic nitrogens is 2. The maximum Gasteiger partial charge on any atom is 0.230 e. The molecule has 3 aromatic rings. The Morgan fingerprint density at radius 2 is 2.00 bits per heavy atom. The van der Waals surface area contributed by atoms with Gasteiger partial charge in [-0.25, -0.2) is 9.97 Å². The molecule has 1 atom stereocenters. The molecule has 2 aromatic heterocycles. The molecule has 0 saturated heterocycles. The quantitative estimate of drug-likeness (QED) is 0.586. The third-order valence-electron chi connectivity index (χ3n) is 3.39. The summed E-state index contributed by atoms with van der Waals surface area (Å²) in [6.07, 6.45) is 1.54. The molecule has 0 saturated carbocycles. The molecule has 0 aliphatic carbocycles. The molecule has 1 aromatic carbocycles. The van der Waals surface area contributed by atoms with Crippen LogP contribution in [0, 0.1) is 6.92 Å². The smallest absolute Gasteiger partial charge is 0.230 e. The van der Waals surface area contributed by atoms with Crippen molar-refractivity contribution in [1.82, 2.24) is 9.97 Å². The van der Waals surface area contributed by atoms with Crippen LogP contribution >= 0.6 is 23.1 Å². The second-order valence-corrected chi connectivity index (χ2v) is 7.22. The minimum Gasteiger partial charge on any atom is -0.369 e. The first-order chi connectivity index (χ1) is 10.6. The molecule has 0 bridgehead atoms. The van der Waals surface area contributed by atoms with Crippen LogP contribution < -0.4 is 5.73 Å². The number of rotatable bonds is 4. The van der Waals surface area contributed by atoms with Gasteiger partial charge in [0.25, 0.3) is 0 Å². The van der Waals surface area contributed by atoms with Gasteiger partial charge in [0.15, 0.2) is 0 Å². The monoisotopic (exact) mass is 329 g/mol. The van der Waals surface area contributed by atoms with Crippen LogP contribution in [0.15, 0.2) is 41.0 Å². The summed E-state index contributed by atoms with van der Waals surface area (Å²) in [5.41, 5.74) is 8.81. The van der Waals surface area contributed by atoms with E-state index in [9.17, 15) is 4.79 Å². The van der Waals surface area contributed by atoms with Crippen LogP contribution in [0.1, 0.15) is 12.5 Å². The van der Waals surface area contributed by atoms with Gasteiger partial charge in [0.1, 0.15) is 16.2 Å². The lowest BCUT2D eigenvalue weighted by Crippen LogP contribution is -2.22. The molecule has 0 aliphatic rings. The van der Waals surface area contributed by atoms with Crippen molar-refractivity contribution in [2.75, 3.05) is 0 Å². The van der Waals surface area contributed by atoms with Gasteiger partial charge in [-0.1, -0.05) is 41.6 Å². The highest BCUT2D eigenvalue weighted by Gasteiger charge is 2.17. The fourth-order valence-corrected chi connectivity index (χ4v) is 3.97. The third kappa shape index (κ3) is 2.84. The number of aryl methyl sites for hydroxylation is 1. The van der Waals surface area contributed by atoms with Crippen LogP contribution in [0.25, 0.3) is 21.3 Å². The summed E-state index contributed by atoms with van der Waals surface area (Å²) in [5.74, 6) is -0.344. The lowest BCUT2D eigenvalue weighted by molar-refractivity contribution is -0.117. The number of thiophene rings is 1. The van der Waals surface area contributed by atoms with E-state index in [-0.39, 0.29) is 11.2 Å². The zero-order valence-corrected chi connectivity index (χ0v) is 13.9. The van der Waals surface area contributed by atoms with Gasteiger partial charge in [-0.2, -0.15) is 0 Å². The molecule has 112 valence electrons. The van der Waals surface area contributed by atoms with Crippen molar-refractivity contribution < 1.29 is 4.79 Å². The summed E-state index contributed by atoms with van der Waals surface area (Å²) in [4.78, 5) is 20.9. The van der Waals surface area contributed by atoms with Gasteiger partial charge in [0.05, 0.1) is 10.6 Å². The van der Waals surface area contributed by atoms with Crippen molar-refractivity contribution in [2.24, 2.45) is 5.73 Å². The Hall–Kier alpha value is -1.92. The van der Waals surface area contributed by atoms with E-state index in [2.05, 4.69) is 46.5 Å². The molecule has 22 heavy (non-hydrogen) atoms. The van der Waals surface area contributed by atoms with E-state index in [1.165, 1.54) is 23.7 Å². The second-order valence-electron chi connectivity index (χ2n) is 5.04. The third-order valence-corrected chi connectivity index (χ3v) is 5.39.